The van der Waals surface area contributed by atoms with E-state index in [9.17, 15) is 4.79 Å². The fraction of sp³-hybridized carbons (Fsp3) is 0.385. The Bertz CT molecular complexity index is 475. The molecular weight excluding hydrogens is 289 g/mol. The highest BCUT2D eigenvalue weighted by Crippen LogP contribution is 2.22. The van der Waals surface area contributed by atoms with Crippen LogP contribution in [0.15, 0.2) is 17.3 Å². The maximum absolute atomic E-state index is 11.6. The van der Waals surface area contributed by atoms with Gasteiger partial charge in [0.25, 0.3) is 0 Å². The van der Waals surface area contributed by atoms with E-state index in [0.29, 0.717) is 27.9 Å². The minimum absolute atomic E-state index is 0.0248. The number of halogens is 2. The van der Waals surface area contributed by atoms with Crippen LogP contribution < -0.4 is 0 Å². The number of benzene rings is 1. The largest absolute Gasteiger partial charge is 0.465 e. The summed E-state index contributed by atoms with van der Waals surface area (Å²) in [6, 6.07) is 5.88. The summed E-state index contributed by atoms with van der Waals surface area (Å²) >= 11 is 11.8. The van der Waals surface area contributed by atoms with Crippen molar-refractivity contribution in [1.29, 1.82) is 0 Å². The molecule has 4 nitrogen and oxygen atoms in total. The van der Waals surface area contributed by atoms with Gasteiger partial charge in [0.15, 0.2) is 0 Å². The van der Waals surface area contributed by atoms with Crippen molar-refractivity contribution in [2.24, 2.45) is 5.16 Å². The van der Waals surface area contributed by atoms with Crippen LogP contribution >= 0.6 is 23.2 Å². The Morgan fingerprint density at radius 3 is 2.79 bits per heavy atom. The Hall–Kier alpha value is -1.26. The van der Waals surface area contributed by atoms with Gasteiger partial charge in [-0.2, -0.15) is 0 Å². The van der Waals surface area contributed by atoms with Gasteiger partial charge >= 0.3 is 5.97 Å². The van der Waals surface area contributed by atoms with Crippen LogP contribution in [0.3, 0.4) is 0 Å². The van der Waals surface area contributed by atoms with E-state index in [0.717, 1.165) is 6.42 Å². The van der Waals surface area contributed by atoms with Crippen LogP contribution in [0.2, 0.25) is 10.0 Å². The van der Waals surface area contributed by atoms with Crippen LogP contribution in [0.25, 0.3) is 0 Å². The van der Waals surface area contributed by atoms with Crippen LogP contribution in [0.4, 0.5) is 0 Å². The minimum atomic E-state index is -0.385. The molecule has 0 saturated carbocycles. The van der Waals surface area contributed by atoms with E-state index in [2.05, 4.69) is 11.2 Å². The molecule has 0 aromatic heterocycles. The van der Waals surface area contributed by atoms with Gasteiger partial charge in [0, 0.05) is 16.7 Å². The number of rotatable bonds is 6. The van der Waals surface area contributed by atoms with Gasteiger partial charge in [0.05, 0.1) is 23.8 Å². The summed E-state index contributed by atoms with van der Waals surface area (Å²) in [5.41, 5.74) is 0.919. The van der Waals surface area contributed by atoms with Crippen molar-refractivity contribution in [3.8, 4) is 0 Å². The van der Waals surface area contributed by atoms with E-state index in [1.54, 1.807) is 6.07 Å². The lowest BCUT2D eigenvalue weighted by atomic mass is 10.1. The number of hydrogen-bond acceptors (Lipinski definition) is 4. The van der Waals surface area contributed by atoms with E-state index in [-0.39, 0.29) is 12.4 Å². The van der Waals surface area contributed by atoms with Crippen molar-refractivity contribution in [3.05, 3.63) is 33.8 Å². The number of esters is 1. The average molecular weight is 303 g/mol. The van der Waals surface area contributed by atoms with Crippen molar-refractivity contribution >= 4 is 34.9 Å². The maximum Gasteiger partial charge on any atom is 0.312 e. The fourth-order valence-electron chi connectivity index (χ4n) is 1.35. The molecule has 0 aliphatic rings. The van der Waals surface area contributed by atoms with Crippen LogP contribution in [0.5, 0.6) is 0 Å². The van der Waals surface area contributed by atoms with Gasteiger partial charge in [-0.3, -0.25) is 4.79 Å². The van der Waals surface area contributed by atoms with E-state index < -0.39 is 0 Å². The second-order valence-electron chi connectivity index (χ2n) is 3.66. The highest BCUT2D eigenvalue weighted by atomic mass is 35.5. The van der Waals surface area contributed by atoms with Crippen molar-refractivity contribution in [3.63, 3.8) is 0 Å². The van der Waals surface area contributed by atoms with Gasteiger partial charge in [0.1, 0.15) is 7.11 Å². The van der Waals surface area contributed by atoms with Gasteiger partial charge in [-0.05, 0) is 18.6 Å². The normalized spacial score (nSPS) is 11.3. The lowest BCUT2D eigenvalue weighted by Crippen LogP contribution is -2.13. The van der Waals surface area contributed by atoms with E-state index >= 15 is 0 Å². The lowest BCUT2D eigenvalue weighted by Gasteiger charge is -2.08. The first-order valence-corrected chi connectivity index (χ1v) is 6.46. The smallest absolute Gasteiger partial charge is 0.312 e. The Morgan fingerprint density at radius 1 is 1.47 bits per heavy atom. The second-order valence-corrected chi connectivity index (χ2v) is 4.47. The van der Waals surface area contributed by atoms with Gasteiger partial charge in [0.2, 0.25) is 0 Å². The molecule has 0 fully saturated rings. The van der Waals surface area contributed by atoms with Gasteiger partial charge < -0.3 is 9.57 Å². The number of carbonyl (C=O) groups excluding carboxylic acids is 1. The fourth-order valence-corrected chi connectivity index (χ4v) is 1.84. The molecule has 0 aliphatic heterocycles. The molecule has 1 aromatic rings. The van der Waals surface area contributed by atoms with Gasteiger partial charge in [-0.15, -0.1) is 0 Å². The third-order valence-corrected chi connectivity index (χ3v) is 2.69. The number of nitrogens with zero attached hydrogens (tertiary/aromatic N) is 1. The predicted octanol–water partition coefficient (Wildman–Crippen LogP) is 3.49. The third-order valence-electron chi connectivity index (χ3n) is 2.16. The van der Waals surface area contributed by atoms with Crippen molar-refractivity contribution in [2.75, 3.05) is 13.7 Å². The Balaban J connectivity index is 2.89. The molecule has 0 saturated heterocycles. The lowest BCUT2D eigenvalue weighted by molar-refractivity contribution is -0.142. The standard InChI is InChI=1S/C13H14Cl2NO3/c1-3-6-19-13(17)8-12(16-18-2)10-5-4-9(14)7-11(10)15/h5,7H,3,6,8H2,1-2H3. The summed E-state index contributed by atoms with van der Waals surface area (Å²) < 4.78 is 5.00. The zero-order valence-electron chi connectivity index (χ0n) is 10.7. The molecule has 0 bridgehead atoms. The molecule has 0 spiro atoms. The highest BCUT2D eigenvalue weighted by Gasteiger charge is 2.15. The van der Waals surface area contributed by atoms with E-state index in [1.165, 1.54) is 13.2 Å². The third kappa shape index (κ3) is 5.09. The first kappa shape index (κ1) is 15.8. The Kier molecular flexibility index (Phi) is 6.67. The molecule has 1 aromatic carbocycles. The maximum atomic E-state index is 11.6. The molecule has 19 heavy (non-hydrogen) atoms. The quantitative estimate of drug-likeness (QED) is 0.459. The summed E-state index contributed by atoms with van der Waals surface area (Å²) in [5.74, 6) is -0.385. The van der Waals surface area contributed by atoms with Crippen LogP contribution in [0.1, 0.15) is 25.3 Å². The number of oxime groups is 1. The van der Waals surface area contributed by atoms with Crippen molar-refractivity contribution < 1.29 is 14.4 Å². The van der Waals surface area contributed by atoms with Crippen LogP contribution in [-0.2, 0) is 14.4 Å². The first-order chi connectivity index (χ1) is 9.08. The molecule has 1 radical (unpaired) electrons. The second kappa shape index (κ2) is 8.02. The predicted molar refractivity (Wildman–Crippen MR) is 74.7 cm³/mol. The summed E-state index contributed by atoms with van der Waals surface area (Å²) in [4.78, 5) is 16.3. The Labute approximate surface area is 122 Å². The molecular formula is C13H14Cl2NO3. The molecule has 0 unspecified atom stereocenters. The summed E-state index contributed by atoms with van der Waals surface area (Å²) in [5, 5.41) is 4.57. The van der Waals surface area contributed by atoms with Gasteiger partial charge in [-0.25, -0.2) is 0 Å². The first-order valence-electron chi connectivity index (χ1n) is 5.71. The molecule has 0 atom stereocenters. The summed E-state index contributed by atoms with van der Waals surface area (Å²) in [6.45, 7) is 2.29. The minimum Gasteiger partial charge on any atom is -0.465 e. The molecule has 103 valence electrons. The van der Waals surface area contributed by atoms with Crippen LogP contribution in [0, 0.1) is 6.07 Å². The highest BCUT2D eigenvalue weighted by molar-refractivity contribution is 6.37. The van der Waals surface area contributed by atoms with Crippen molar-refractivity contribution in [2.45, 2.75) is 19.8 Å². The van der Waals surface area contributed by atoms with Crippen molar-refractivity contribution in [1.82, 2.24) is 0 Å². The molecule has 6 heteroatoms. The molecule has 0 heterocycles. The molecule has 0 aliphatic carbocycles. The zero-order valence-corrected chi connectivity index (χ0v) is 12.2. The topological polar surface area (TPSA) is 47.9 Å². The SMILES string of the molecule is CCCOC(=O)CC(=NOC)c1c[c]c(Cl)cc1Cl. The number of carbonyl (C=O) groups is 1. The summed E-state index contributed by atoms with van der Waals surface area (Å²) in [7, 11) is 1.39. The van der Waals surface area contributed by atoms with E-state index in [4.69, 9.17) is 32.8 Å². The molecule has 1 rings (SSSR count). The summed E-state index contributed by atoms with van der Waals surface area (Å²) in [6.07, 6.45) is 0.737. The molecule has 0 N–H and O–H groups in total. The average Bonchev–Trinajstić information content (AvgIpc) is 2.36. The monoisotopic (exact) mass is 302 g/mol. The van der Waals surface area contributed by atoms with Crippen LogP contribution in [-0.4, -0.2) is 25.4 Å². The zero-order chi connectivity index (χ0) is 14.3. The number of hydrogen-bond donors (Lipinski definition) is 0. The molecule has 0 amide bonds. The van der Waals surface area contributed by atoms with Gasteiger partial charge in [-0.1, -0.05) is 35.3 Å². The number of ether oxygens (including phenoxy) is 1. The van der Waals surface area contributed by atoms with E-state index in [1.807, 2.05) is 6.92 Å². The Morgan fingerprint density at radius 2 is 2.21 bits per heavy atom.